The van der Waals surface area contributed by atoms with Gasteiger partial charge < -0.3 is 5.11 Å². The zero-order valence-corrected chi connectivity index (χ0v) is 12.7. The Hall–Kier alpha value is -0.270. The molecule has 0 radical (unpaired) electrons. The molecule has 0 spiro atoms. The van der Waals surface area contributed by atoms with Crippen molar-refractivity contribution >= 4 is 33.4 Å². The SMILES string of the molecule is O=S(=O)(NCC1CCSC1)c1cc(CO)ccc1Cl. The third-order valence-electron chi connectivity index (χ3n) is 3.05. The molecule has 1 aromatic carbocycles. The van der Waals surface area contributed by atoms with Gasteiger partial charge in [-0.1, -0.05) is 17.7 Å². The molecule has 19 heavy (non-hydrogen) atoms. The fourth-order valence-electron chi connectivity index (χ4n) is 1.90. The van der Waals surface area contributed by atoms with Gasteiger partial charge in [0.05, 0.1) is 11.6 Å². The highest BCUT2D eigenvalue weighted by Crippen LogP contribution is 2.25. The van der Waals surface area contributed by atoms with Crippen LogP contribution in [-0.4, -0.2) is 31.6 Å². The van der Waals surface area contributed by atoms with E-state index >= 15 is 0 Å². The summed E-state index contributed by atoms with van der Waals surface area (Å²) in [5.74, 6) is 2.47. The van der Waals surface area contributed by atoms with Crippen molar-refractivity contribution < 1.29 is 13.5 Å². The van der Waals surface area contributed by atoms with Crippen LogP contribution in [0.5, 0.6) is 0 Å². The topological polar surface area (TPSA) is 66.4 Å². The monoisotopic (exact) mass is 321 g/mol. The van der Waals surface area contributed by atoms with Crippen LogP contribution in [0, 0.1) is 5.92 Å². The van der Waals surface area contributed by atoms with E-state index in [1.165, 1.54) is 12.1 Å². The summed E-state index contributed by atoms with van der Waals surface area (Å²) in [5, 5.41) is 9.23. The van der Waals surface area contributed by atoms with E-state index in [-0.39, 0.29) is 16.5 Å². The molecule has 0 aromatic heterocycles. The Morgan fingerprint density at radius 2 is 2.26 bits per heavy atom. The molecule has 1 fully saturated rings. The fourth-order valence-corrected chi connectivity index (χ4v) is 4.85. The summed E-state index contributed by atoms with van der Waals surface area (Å²) in [6, 6.07) is 4.51. The molecule has 0 aliphatic carbocycles. The molecule has 1 saturated heterocycles. The predicted molar refractivity (Wildman–Crippen MR) is 78.0 cm³/mol. The lowest BCUT2D eigenvalue weighted by Crippen LogP contribution is -2.29. The second-order valence-electron chi connectivity index (χ2n) is 4.50. The molecule has 0 amide bonds. The summed E-state index contributed by atoms with van der Waals surface area (Å²) >= 11 is 7.77. The molecule has 1 aliphatic rings. The zero-order valence-electron chi connectivity index (χ0n) is 10.3. The van der Waals surface area contributed by atoms with Crippen molar-refractivity contribution in [2.24, 2.45) is 5.92 Å². The van der Waals surface area contributed by atoms with Gasteiger partial charge in [0.25, 0.3) is 0 Å². The van der Waals surface area contributed by atoms with Crippen LogP contribution in [0.15, 0.2) is 23.1 Å². The van der Waals surface area contributed by atoms with Crippen molar-refractivity contribution in [2.75, 3.05) is 18.1 Å². The molecule has 7 heteroatoms. The Balaban J connectivity index is 2.13. The first-order chi connectivity index (χ1) is 9.03. The number of aliphatic hydroxyl groups excluding tert-OH is 1. The minimum absolute atomic E-state index is 0.0337. The standard InChI is InChI=1S/C12H16ClNO3S2/c13-11-2-1-9(7-15)5-12(11)19(16,17)14-6-10-3-4-18-8-10/h1-2,5,10,14-15H,3-4,6-8H2. The van der Waals surface area contributed by atoms with Crippen molar-refractivity contribution in [3.05, 3.63) is 28.8 Å². The number of thioether (sulfide) groups is 1. The van der Waals surface area contributed by atoms with Crippen molar-refractivity contribution in [1.82, 2.24) is 4.72 Å². The van der Waals surface area contributed by atoms with E-state index in [9.17, 15) is 8.42 Å². The highest BCUT2D eigenvalue weighted by atomic mass is 35.5. The summed E-state index contributed by atoms with van der Waals surface area (Å²) in [6.45, 7) is 0.230. The molecule has 106 valence electrons. The van der Waals surface area contributed by atoms with Crippen LogP contribution in [0.3, 0.4) is 0 Å². The average Bonchev–Trinajstić information content (AvgIpc) is 2.90. The maximum Gasteiger partial charge on any atom is 0.242 e. The Morgan fingerprint density at radius 1 is 1.47 bits per heavy atom. The van der Waals surface area contributed by atoms with E-state index < -0.39 is 10.0 Å². The molecule has 4 nitrogen and oxygen atoms in total. The van der Waals surface area contributed by atoms with Crippen LogP contribution >= 0.6 is 23.4 Å². The molecular formula is C12H16ClNO3S2. The van der Waals surface area contributed by atoms with Gasteiger partial charge in [-0.25, -0.2) is 13.1 Å². The van der Waals surface area contributed by atoms with Crippen LogP contribution in [0.25, 0.3) is 0 Å². The first-order valence-electron chi connectivity index (χ1n) is 5.99. The predicted octanol–water partition coefficient (Wildman–Crippen LogP) is 1.86. The van der Waals surface area contributed by atoms with E-state index in [1.54, 1.807) is 6.07 Å². The lowest BCUT2D eigenvalue weighted by Gasteiger charge is -2.12. The van der Waals surface area contributed by atoms with E-state index in [0.29, 0.717) is 18.0 Å². The van der Waals surface area contributed by atoms with Crippen LogP contribution in [0.2, 0.25) is 5.02 Å². The van der Waals surface area contributed by atoms with Crippen molar-refractivity contribution in [3.8, 4) is 0 Å². The number of aliphatic hydroxyl groups is 1. The van der Waals surface area contributed by atoms with Gasteiger partial charge in [-0.2, -0.15) is 11.8 Å². The largest absolute Gasteiger partial charge is 0.392 e. The van der Waals surface area contributed by atoms with Gasteiger partial charge in [-0.3, -0.25) is 0 Å². The third kappa shape index (κ3) is 3.86. The third-order valence-corrected chi connectivity index (χ3v) is 6.19. The molecule has 1 atom stereocenters. The molecule has 2 N–H and O–H groups in total. The van der Waals surface area contributed by atoms with Crippen LogP contribution in [0.1, 0.15) is 12.0 Å². The minimum atomic E-state index is -3.61. The number of sulfonamides is 1. The van der Waals surface area contributed by atoms with Gasteiger partial charge >= 0.3 is 0 Å². The second kappa shape index (κ2) is 6.45. The van der Waals surface area contributed by atoms with Crippen molar-refractivity contribution in [2.45, 2.75) is 17.9 Å². The molecule has 0 bridgehead atoms. The number of hydrogen-bond acceptors (Lipinski definition) is 4. The molecule has 0 saturated carbocycles. The Morgan fingerprint density at radius 3 is 2.89 bits per heavy atom. The second-order valence-corrected chi connectivity index (χ2v) is 7.80. The Labute approximate surface area is 122 Å². The molecule has 2 rings (SSSR count). The van der Waals surface area contributed by atoms with Gasteiger partial charge in [0.15, 0.2) is 0 Å². The normalized spacial score (nSPS) is 19.8. The van der Waals surface area contributed by atoms with E-state index in [1.807, 2.05) is 11.8 Å². The summed E-state index contributed by atoms with van der Waals surface area (Å²) < 4.78 is 27.0. The quantitative estimate of drug-likeness (QED) is 0.869. The van der Waals surface area contributed by atoms with Crippen LogP contribution in [0.4, 0.5) is 0 Å². The summed E-state index contributed by atoms with van der Waals surface area (Å²) in [4.78, 5) is 0.0337. The first kappa shape index (κ1) is 15.1. The highest BCUT2D eigenvalue weighted by molar-refractivity contribution is 7.99. The van der Waals surface area contributed by atoms with Gasteiger partial charge in [0, 0.05) is 6.54 Å². The Bertz CT molecular complexity index is 542. The van der Waals surface area contributed by atoms with E-state index in [0.717, 1.165) is 17.9 Å². The fraction of sp³-hybridized carbons (Fsp3) is 0.500. The first-order valence-corrected chi connectivity index (χ1v) is 9.01. The van der Waals surface area contributed by atoms with Gasteiger partial charge in [-0.05, 0) is 41.5 Å². The maximum absolute atomic E-state index is 12.2. The molecule has 1 unspecified atom stereocenters. The van der Waals surface area contributed by atoms with E-state index in [4.69, 9.17) is 16.7 Å². The van der Waals surface area contributed by atoms with Gasteiger partial charge in [0.1, 0.15) is 4.90 Å². The lowest BCUT2D eigenvalue weighted by atomic mass is 10.1. The van der Waals surface area contributed by atoms with Gasteiger partial charge in [0.2, 0.25) is 10.0 Å². The molecular weight excluding hydrogens is 306 g/mol. The van der Waals surface area contributed by atoms with Crippen molar-refractivity contribution in [1.29, 1.82) is 0 Å². The average molecular weight is 322 g/mol. The summed E-state index contributed by atoms with van der Waals surface area (Å²) in [5.41, 5.74) is 0.529. The van der Waals surface area contributed by atoms with E-state index in [2.05, 4.69) is 4.72 Å². The zero-order chi connectivity index (χ0) is 13.9. The number of nitrogens with one attached hydrogen (secondary N) is 1. The molecule has 1 aromatic rings. The number of benzene rings is 1. The molecule has 1 aliphatic heterocycles. The van der Waals surface area contributed by atoms with Crippen LogP contribution < -0.4 is 4.72 Å². The lowest BCUT2D eigenvalue weighted by molar-refractivity contribution is 0.281. The van der Waals surface area contributed by atoms with Gasteiger partial charge in [-0.15, -0.1) is 0 Å². The summed E-state index contributed by atoms with van der Waals surface area (Å²) in [7, 11) is -3.61. The smallest absolute Gasteiger partial charge is 0.242 e. The number of rotatable bonds is 5. The number of hydrogen-bond donors (Lipinski definition) is 2. The highest BCUT2D eigenvalue weighted by Gasteiger charge is 2.22. The molecule has 1 heterocycles. The van der Waals surface area contributed by atoms with Crippen LogP contribution in [-0.2, 0) is 16.6 Å². The number of halogens is 1. The minimum Gasteiger partial charge on any atom is -0.392 e. The van der Waals surface area contributed by atoms with Crippen molar-refractivity contribution in [3.63, 3.8) is 0 Å². The maximum atomic E-state index is 12.2. The summed E-state index contributed by atoms with van der Waals surface area (Å²) in [6.07, 6.45) is 1.04. The Kier molecular flexibility index (Phi) is 5.14.